The summed E-state index contributed by atoms with van der Waals surface area (Å²) >= 11 is 7.04. The van der Waals surface area contributed by atoms with Crippen LogP contribution < -0.4 is 0 Å². The molecule has 2 unspecified atom stereocenters. The van der Waals surface area contributed by atoms with Crippen LogP contribution in [0.25, 0.3) is 0 Å². The largest absolute Gasteiger partial charge is 0.508 e. The second kappa shape index (κ2) is 8.90. The number of nitrogens with zero attached hydrogens (tertiary/aromatic N) is 2. The van der Waals surface area contributed by atoms with Gasteiger partial charge >= 0.3 is 0 Å². The zero-order chi connectivity index (χ0) is 19.3. The Hall–Kier alpha value is -1.54. The van der Waals surface area contributed by atoms with Crippen molar-refractivity contribution in [2.24, 2.45) is 0 Å². The summed E-state index contributed by atoms with van der Waals surface area (Å²) in [6.45, 7) is 0.441. The number of aliphatic hydroxyl groups excluding tert-OH is 1. The molecule has 0 saturated carbocycles. The topological polar surface area (TPSA) is 105 Å². The average Bonchev–Trinajstić information content (AvgIpc) is 3.22. The lowest BCUT2D eigenvalue weighted by atomic mass is 10.1. The molecule has 1 saturated heterocycles. The van der Waals surface area contributed by atoms with Gasteiger partial charge in [-0.2, -0.15) is 5.26 Å². The molecule has 1 aromatic carbocycles. The predicted octanol–water partition coefficient (Wildman–Crippen LogP) is 2.26. The Kier molecular flexibility index (Phi) is 7.11. The van der Waals surface area contributed by atoms with Crippen molar-refractivity contribution in [2.45, 2.75) is 16.2 Å². The van der Waals surface area contributed by atoms with E-state index in [9.17, 15) is 13.7 Å². The highest BCUT2D eigenvalue weighted by Crippen LogP contribution is 2.29. The lowest BCUT2D eigenvalue weighted by Gasteiger charge is -2.19. The van der Waals surface area contributed by atoms with Crippen LogP contribution in [-0.2, 0) is 11.0 Å². The normalized spacial score (nSPS) is 20.9. The molecule has 6 nitrogen and oxygen atoms in total. The van der Waals surface area contributed by atoms with E-state index in [-0.39, 0.29) is 24.5 Å². The van der Waals surface area contributed by atoms with Crippen LogP contribution in [0.2, 0.25) is 4.34 Å². The Morgan fingerprint density at radius 3 is 2.65 bits per heavy atom. The van der Waals surface area contributed by atoms with E-state index in [2.05, 4.69) is 0 Å². The van der Waals surface area contributed by atoms with E-state index in [0.717, 1.165) is 6.07 Å². The molecule has 140 valence electrons. The molecule has 0 aliphatic carbocycles. The van der Waals surface area contributed by atoms with Crippen molar-refractivity contribution in [1.29, 1.82) is 5.26 Å². The van der Waals surface area contributed by atoms with Crippen LogP contribution in [0.5, 0.6) is 5.75 Å². The zero-order valence-corrected chi connectivity index (χ0v) is 15.8. The van der Waals surface area contributed by atoms with Crippen molar-refractivity contribution in [3.63, 3.8) is 0 Å². The van der Waals surface area contributed by atoms with Gasteiger partial charge in [0, 0.05) is 19.2 Å². The van der Waals surface area contributed by atoms with E-state index in [1.54, 1.807) is 22.5 Å². The van der Waals surface area contributed by atoms with E-state index in [0.29, 0.717) is 21.5 Å². The maximum absolute atomic E-state index is 12.5. The Morgan fingerprint density at radius 1 is 1.42 bits per heavy atom. The van der Waals surface area contributed by atoms with Crippen molar-refractivity contribution in [3.05, 3.63) is 46.0 Å². The van der Waals surface area contributed by atoms with Crippen LogP contribution in [0.15, 0.2) is 34.5 Å². The molecule has 2 atom stereocenters. The van der Waals surface area contributed by atoms with Crippen LogP contribution in [0.4, 0.5) is 4.39 Å². The summed E-state index contributed by atoms with van der Waals surface area (Å²) in [6, 6.07) is 8.45. The molecule has 1 fully saturated rings. The van der Waals surface area contributed by atoms with Gasteiger partial charge in [-0.3, -0.25) is 0 Å². The Balaban J connectivity index is 0.000000209. The minimum atomic E-state index is -1.29. The van der Waals surface area contributed by atoms with Gasteiger partial charge in [0.2, 0.25) is 0 Å². The number of rotatable bonds is 3. The number of phenols is 1. The summed E-state index contributed by atoms with van der Waals surface area (Å²) in [4.78, 5) is 0. The minimum absolute atomic E-state index is 0.0576. The Morgan fingerprint density at radius 2 is 2.15 bits per heavy atom. The predicted molar refractivity (Wildman–Crippen MR) is 96.7 cm³/mol. The first kappa shape index (κ1) is 20.8. The first-order valence-electron chi connectivity index (χ1n) is 7.42. The van der Waals surface area contributed by atoms with Crippen LogP contribution in [0.3, 0.4) is 0 Å². The van der Waals surface area contributed by atoms with Gasteiger partial charge in [-0.1, -0.05) is 11.6 Å². The molecule has 2 heterocycles. The van der Waals surface area contributed by atoms with Crippen molar-refractivity contribution in [3.8, 4) is 11.8 Å². The number of hydrogen-bond acceptors (Lipinski definition) is 6. The number of hydrogen-bond donors (Lipinski definition) is 3. The third-order valence-electron chi connectivity index (χ3n) is 3.62. The lowest BCUT2D eigenvalue weighted by molar-refractivity contribution is -0.000496. The molecule has 1 aliphatic rings. The van der Waals surface area contributed by atoms with Gasteiger partial charge < -0.3 is 15.3 Å². The molecule has 1 aromatic heterocycles. The van der Waals surface area contributed by atoms with Crippen molar-refractivity contribution >= 4 is 33.9 Å². The molecular formula is C16H16ClFN2O4S2. The van der Waals surface area contributed by atoms with Crippen LogP contribution in [0.1, 0.15) is 12.0 Å². The molecule has 26 heavy (non-hydrogen) atoms. The molecule has 3 rings (SSSR count). The highest BCUT2D eigenvalue weighted by molar-refractivity contribution is 7.85. The van der Waals surface area contributed by atoms with Gasteiger partial charge in [-0.25, -0.2) is 12.9 Å². The third-order valence-corrected chi connectivity index (χ3v) is 6.58. The fourth-order valence-corrected chi connectivity index (χ4v) is 5.04. The summed E-state index contributed by atoms with van der Waals surface area (Å²) in [5.41, 5.74) is -1.17. The van der Waals surface area contributed by atoms with Gasteiger partial charge in [-0.15, -0.1) is 11.3 Å². The number of nitriles is 1. The summed E-state index contributed by atoms with van der Waals surface area (Å²) < 4.78 is 27.5. The molecule has 2 aromatic rings. The fraction of sp³-hybridized carbons (Fsp3) is 0.312. The summed E-state index contributed by atoms with van der Waals surface area (Å²) in [7, 11) is -1.29. The Labute approximate surface area is 161 Å². The molecule has 0 radical (unpaired) electrons. The monoisotopic (exact) mass is 418 g/mol. The molecule has 3 N–H and O–H groups in total. The minimum Gasteiger partial charge on any atom is -0.508 e. The maximum atomic E-state index is 12.5. The van der Waals surface area contributed by atoms with E-state index < -0.39 is 22.4 Å². The number of aromatic hydroxyl groups is 1. The summed E-state index contributed by atoms with van der Waals surface area (Å²) in [5, 5.41) is 35.7. The van der Waals surface area contributed by atoms with E-state index in [1.807, 2.05) is 0 Å². The van der Waals surface area contributed by atoms with Crippen molar-refractivity contribution < 1.29 is 23.9 Å². The van der Waals surface area contributed by atoms with Crippen molar-refractivity contribution in [2.75, 3.05) is 19.7 Å². The molecule has 10 heteroatoms. The average molecular weight is 419 g/mol. The quantitative estimate of drug-likeness (QED) is 0.709. The second-order valence-corrected chi connectivity index (χ2v) is 9.01. The molecule has 0 spiro atoms. The number of aliphatic hydroxyl groups is 2. The van der Waals surface area contributed by atoms with Gasteiger partial charge in [0.05, 0.1) is 16.5 Å². The third kappa shape index (κ3) is 5.23. The lowest BCUT2D eigenvalue weighted by Crippen LogP contribution is -2.37. The number of benzene rings is 1. The van der Waals surface area contributed by atoms with Gasteiger partial charge in [0.15, 0.2) is 0 Å². The zero-order valence-electron chi connectivity index (χ0n) is 13.4. The molecule has 1 aliphatic heterocycles. The SMILES string of the molecule is N#Cc1ccc(O)cc1F.O=S(c1ccc(Cl)s1)N1CCC(O)(CO)C1. The number of phenolic OH excluding ortho intramolecular Hbond substituents is 1. The highest BCUT2D eigenvalue weighted by atomic mass is 35.5. The second-order valence-electron chi connectivity index (χ2n) is 5.58. The number of halogens is 2. The van der Waals surface area contributed by atoms with Gasteiger partial charge in [0.1, 0.15) is 38.4 Å². The van der Waals surface area contributed by atoms with Crippen molar-refractivity contribution in [1.82, 2.24) is 4.31 Å². The summed E-state index contributed by atoms with van der Waals surface area (Å²) in [5.74, 6) is -0.862. The van der Waals surface area contributed by atoms with E-state index in [1.165, 1.54) is 23.5 Å². The van der Waals surface area contributed by atoms with E-state index in [4.69, 9.17) is 27.1 Å². The van der Waals surface area contributed by atoms with E-state index >= 15 is 0 Å². The highest BCUT2D eigenvalue weighted by Gasteiger charge is 2.38. The number of β-amino-alcohol motifs (C(OH)–C–C–N with tert-alkyl or cyclic N) is 1. The van der Waals surface area contributed by atoms with Crippen LogP contribution in [0, 0.1) is 17.1 Å². The molecular weight excluding hydrogens is 403 g/mol. The molecule has 0 amide bonds. The molecule has 0 bridgehead atoms. The van der Waals surface area contributed by atoms with Gasteiger partial charge in [-0.05, 0) is 30.7 Å². The smallest absolute Gasteiger partial charge is 0.144 e. The first-order valence-corrected chi connectivity index (χ1v) is 9.72. The fourth-order valence-electron chi connectivity index (χ4n) is 2.20. The van der Waals surface area contributed by atoms with Gasteiger partial charge in [0.25, 0.3) is 0 Å². The summed E-state index contributed by atoms with van der Waals surface area (Å²) in [6.07, 6.45) is 0.439. The number of thiophene rings is 1. The first-order chi connectivity index (χ1) is 12.3. The standard InChI is InChI=1S/C9H12ClNO3S2.C7H4FNO/c10-7-1-2-8(15-7)16(14)11-4-3-9(13,5-11)6-12;8-7-3-6(10)2-1-5(7)4-9/h1-2,12-13H,3-6H2;1-3,10H. The Bertz CT molecular complexity index is 842. The van der Waals surface area contributed by atoms with Crippen LogP contribution >= 0.6 is 22.9 Å². The van der Waals surface area contributed by atoms with Crippen LogP contribution in [-0.4, -0.2) is 49.1 Å². The maximum Gasteiger partial charge on any atom is 0.144 e.